The van der Waals surface area contributed by atoms with E-state index < -0.39 is 0 Å². The maximum atomic E-state index is 9.18. The fourth-order valence-electron chi connectivity index (χ4n) is 1.70. The van der Waals surface area contributed by atoms with Crippen LogP contribution in [-0.2, 0) is 0 Å². The summed E-state index contributed by atoms with van der Waals surface area (Å²) < 4.78 is 5.51. The van der Waals surface area contributed by atoms with E-state index in [1.54, 1.807) is 12.1 Å². The lowest BCUT2D eigenvalue weighted by atomic mass is 10.3. The van der Waals surface area contributed by atoms with Crippen LogP contribution in [-0.4, -0.2) is 22.2 Å². The Morgan fingerprint density at radius 3 is 3.00 bits per heavy atom. The Labute approximate surface area is 92.3 Å². The molecule has 1 aliphatic rings. The van der Waals surface area contributed by atoms with E-state index in [-0.39, 0.29) is 12.1 Å². The second kappa shape index (κ2) is 3.12. The molecule has 0 aliphatic heterocycles. The van der Waals surface area contributed by atoms with Gasteiger partial charge in [0.05, 0.1) is 12.1 Å². The van der Waals surface area contributed by atoms with Crippen LogP contribution in [0.4, 0.5) is 11.7 Å². The quantitative estimate of drug-likeness (QED) is 0.678. The minimum absolute atomic E-state index is 0.105. The Bertz CT molecular complexity index is 531. The molecule has 0 atom stereocenters. The number of nitrogens with one attached hydrogen (secondary N) is 1. The first-order valence-corrected chi connectivity index (χ1v) is 5.26. The van der Waals surface area contributed by atoms with Crippen LogP contribution in [0.15, 0.2) is 22.6 Å². The third kappa shape index (κ3) is 1.49. The molecule has 0 amide bonds. The molecule has 5 heteroatoms. The van der Waals surface area contributed by atoms with E-state index in [0.29, 0.717) is 17.3 Å². The molecule has 16 heavy (non-hydrogen) atoms. The molecule has 1 fully saturated rings. The van der Waals surface area contributed by atoms with Crippen molar-refractivity contribution >= 4 is 22.8 Å². The van der Waals surface area contributed by atoms with Gasteiger partial charge in [0, 0.05) is 11.8 Å². The Morgan fingerprint density at radius 1 is 1.50 bits per heavy atom. The number of aliphatic hydroxyl groups is 1. The van der Waals surface area contributed by atoms with E-state index in [9.17, 15) is 5.11 Å². The zero-order valence-electron chi connectivity index (χ0n) is 8.73. The molecule has 3 rings (SSSR count). The monoisotopic (exact) mass is 219 g/mol. The van der Waals surface area contributed by atoms with Crippen LogP contribution >= 0.6 is 0 Å². The van der Waals surface area contributed by atoms with Gasteiger partial charge in [0.1, 0.15) is 5.52 Å². The number of nitrogens with two attached hydrogens (primary N) is 1. The average Bonchev–Trinajstić information content (AvgIpc) is 2.92. The molecule has 2 aromatic rings. The molecule has 84 valence electrons. The first-order valence-electron chi connectivity index (χ1n) is 5.26. The number of anilines is 2. The smallest absolute Gasteiger partial charge is 0.296 e. The Kier molecular flexibility index (Phi) is 1.85. The van der Waals surface area contributed by atoms with Gasteiger partial charge in [-0.25, -0.2) is 0 Å². The van der Waals surface area contributed by atoms with Crippen molar-refractivity contribution in [3.05, 3.63) is 18.2 Å². The van der Waals surface area contributed by atoms with Crippen LogP contribution in [0.3, 0.4) is 0 Å². The molecule has 1 saturated carbocycles. The van der Waals surface area contributed by atoms with Crippen LogP contribution in [0.1, 0.15) is 12.8 Å². The number of oxazole rings is 1. The molecule has 0 unspecified atom stereocenters. The number of nitrogens with zero attached hydrogens (tertiary/aromatic N) is 1. The van der Waals surface area contributed by atoms with Crippen molar-refractivity contribution < 1.29 is 9.52 Å². The summed E-state index contributed by atoms with van der Waals surface area (Å²) in [4.78, 5) is 4.28. The van der Waals surface area contributed by atoms with E-state index in [1.165, 1.54) is 0 Å². The zero-order valence-corrected chi connectivity index (χ0v) is 8.73. The largest absolute Gasteiger partial charge is 0.423 e. The summed E-state index contributed by atoms with van der Waals surface area (Å²) in [7, 11) is 0. The number of fused-ring (bicyclic) bond motifs is 1. The molecule has 1 aliphatic carbocycles. The van der Waals surface area contributed by atoms with Crippen molar-refractivity contribution in [2.24, 2.45) is 0 Å². The summed E-state index contributed by atoms with van der Waals surface area (Å²) in [6.45, 7) is 0.105. The van der Waals surface area contributed by atoms with E-state index in [4.69, 9.17) is 10.2 Å². The van der Waals surface area contributed by atoms with Gasteiger partial charge in [-0.15, -0.1) is 0 Å². The minimum atomic E-state index is -0.216. The molecule has 1 aromatic carbocycles. The Hall–Kier alpha value is -1.75. The number of nitrogen functional groups attached to an aromatic ring is 1. The molecular weight excluding hydrogens is 206 g/mol. The predicted octanol–water partition coefficient (Wildman–Crippen LogP) is 1.35. The number of hydrogen-bond donors (Lipinski definition) is 3. The first kappa shape index (κ1) is 9.47. The van der Waals surface area contributed by atoms with Gasteiger partial charge in [0.2, 0.25) is 0 Å². The van der Waals surface area contributed by atoms with Crippen LogP contribution in [0.5, 0.6) is 0 Å². The number of aromatic nitrogens is 1. The number of hydrogen-bond acceptors (Lipinski definition) is 5. The molecule has 1 aromatic heterocycles. The normalized spacial score (nSPS) is 17.6. The van der Waals surface area contributed by atoms with Crippen molar-refractivity contribution in [2.45, 2.75) is 18.4 Å². The minimum Gasteiger partial charge on any atom is -0.423 e. The summed E-state index contributed by atoms with van der Waals surface area (Å²) in [5, 5.41) is 12.3. The summed E-state index contributed by atoms with van der Waals surface area (Å²) in [5.41, 5.74) is 7.52. The fraction of sp³-hybridized carbons (Fsp3) is 0.364. The van der Waals surface area contributed by atoms with E-state index in [1.807, 2.05) is 6.07 Å². The van der Waals surface area contributed by atoms with Crippen molar-refractivity contribution in [1.29, 1.82) is 0 Å². The summed E-state index contributed by atoms with van der Waals surface area (Å²) in [6, 6.07) is 5.80. The highest BCUT2D eigenvalue weighted by atomic mass is 16.4. The number of benzene rings is 1. The topological polar surface area (TPSA) is 84.3 Å². The third-order valence-corrected chi connectivity index (χ3v) is 2.94. The average molecular weight is 219 g/mol. The highest BCUT2D eigenvalue weighted by molar-refractivity contribution is 5.78. The summed E-state index contributed by atoms with van der Waals surface area (Å²) in [5.74, 6) is 0. The van der Waals surface area contributed by atoms with E-state index in [0.717, 1.165) is 18.4 Å². The third-order valence-electron chi connectivity index (χ3n) is 2.94. The van der Waals surface area contributed by atoms with Gasteiger partial charge in [-0.2, -0.15) is 4.98 Å². The standard InChI is InChI=1S/C11H13N3O2/c12-7-1-2-8-9(5-7)16-10(13-8)14-11(6-15)3-4-11/h1-2,5,15H,3-4,6,12H2,(H,13,14). The molecular formula is C11H13N3O2. The Morgan fingerprint density at radius 2 is 2.31 bits per heavy atom. The molecule has 0 saturated heterocycles. The molecule has 1 heterocycles. The number of rotatable bonds is 3. The molecule has 5 nitrogen and oxygen atoms in total. The lowest BCUT2D eigenvalue weighted by molar-refractivity contribution is 0.264. The van der Waals surface area contributed by atoms with Gasteiger partial charge in [-0.05, 0) is 25.0 Å². The van der Waals surface area contributed by atoms with Gasteiger partial charge in [0.15, 0.2) is 5.58 Å². The van der Waals surface area contributed by atoms with Gasteiger partial charge in [-0.1, -0.05) is 0 Å². The van der Waals surface area contributed by atoms with Gasteiger partial charge in [-0.3, -0.25) is 0 Å². The second-order valence-corrected chi connectivity index (χ2v) is 4.31. The summed E-state index contributed by atoms with van der Waals surface area (Å²) >= 11 is 0. The van der Waals surface area contributed by atoms with Crippen LogP contribution < -0.4 is 11.1 Å². The maximum absolute atomic E-state index is 9.18. The van der Waals surface area contributed by atoms with Crippen LogP contribution in [0.25, 0.3) is 11.1 Å². The fourth-order valence-corrected chi connectivity index (χ4v) is 1.70. The molecule has 4 N–H and O–H groups in total. The van der Waals surface area contributed by atoms with Gasteiger partial charge in [0.25, 0.3) is 6.01 Å². The molecule has 0 radical (unpaired) electrons. The highest BCUT2D eigenvalue weighted by Crippen LogP contribution is 2.38. The SMILES string of the molecule is Nc1ccc2nc(NC3(CO)CC3)oc2c1. The maximum Gasteiger partial charge on any atom is 0.296 e. The van der Waals surface area contributed by atoms with Crippen molar-refractivity contribution in [2.75, 3.05) is 17.7 Å². The van der Waals surface area contributed by atoms with Crippen LogP contribution in [0.2, 0.25) is 0 Å². The lowest BCUT2D eigenvalue weighted by Crippen LogP contribution is -2.25. The number of aliphatic hydroxyl groups excluding tert-OH is 1. The second-order valence-electron chi connectivity index (χ2n) is 4.31. The van der Waals surface area contributed by atoms with E-state index >= 15 is 0 Å². The van der Waals surface area contributed by atoms with Crippen molar-refractivity contribution in [3.8, 4) is 0 Å². The van der Waals surface area contributed by atoms with Gasteiger partial charge < -0.3 is 20.6 Å². The van der Waals surface area contributed by atoms with E-state index in [2.05, 4.69) is 10.3 Å². The van der Waals surface area contributed by atoms with Crippen molar-refractivity contribution in [3.63, 3.8) is 0 Å². The Balaban J connectivity index is 1.93. The molecule has 0 bridgehead atoms. The first-order chi connectivity index (χ1) is 7.71. The molecule has 0 spiro atoms. The summed E-state index contributed by atoms with van der Waals surface area (Å²) in [6.07, 6.45) is 1.90. The zero-order chi connectivity index (χ0) is 11.2. The van der Waals surface area contributed by atoms with Gasteiger partial charge >= 0.3 is 0 Å². The van der Waals surface area contributed by atoms with Crippen LogP contribution in [0, 0.1) is 0 Å². The lowest BCUT2D eigenvalue weighted by Gasteiger charge is -2.10. The predicted molar refractivity (Wildman–Crippen MR) is 61.1 cm³/mol. The van der Waals surface area contributed by atoms with Crippen molar-refractivity contribution in [1.82, 2.24) is 4.98 Å². The highest BCUT2D eigenvalue weighted by Gasteiger charge is 2.43.